The standard InChI is InChI=1S/C14H27NO4/c1-13(2,3)8-10(7-12(17)18)15-11(16)9-19-14(4,5)6/h10H,7-9H2,1-6H3,(H,15,16)(H,17,18). The van der Waals surface area contributed by atoms with Crippen LogP contribution in [0.4, 0.5) is 0 Å². The molecule has 0 spiro atoms. The first kappa shape index (κ1) is 17.9. The van der Waals surface area contributed by atoms with E-state index in [2.05, 4.69) is 5.32 Å². The van der Waals surface area contributed by atoms with Crippen LogP contribution in [0.5, 0.6) is 0 Å². The van der Waals surface area contributed by atoms with Gasteiger partial charge in [0.1, 0.15) is 6.61 Å². The van der Waals surface area contributed by atoms with Gasteiger partial charge in [-0.25, -0.2) is 0 Å². The number of aliphatic carboxylic acids is 1. The van der Waals surface area contributed by atoms with E-state index in [9.17, 15) is 9.59 Å². The number of nitrogens with one attached hydrogen (secondary N) is 1. The van der Waals surface area contributed by atoms with Crippen molar-refractivity contribution in [3.63, 3.8) is 0 Å². The first-order valence-electron chi connectivity index (χ1n) is 6.54. The van der Waals surface area contributed by atoms with Gasteiger partial charge in [-0.15, -0.1) is 0 Å². The van der Waals surface area contributed by atoms with Gasteiger partial charge in [0.2, 0.25) is 5.91 Å². The maximum absolute atomic E-state index is 11.7. The fourth-order valence-electron chi connectivity index (χ4n) is 1.68. The van der Waals surface area contributed by atoms with Gasteiger partial charge < -0.3 is 15.2 Å². The van der Waals surface area contributed by atoms with E-state index in [1.165, 1.54) is 0 Å². The van der Waals surface area contributed by atoms with Crippen LogP contribution in [-0.4, -0.2) is 35.2 Å². The molecule has 0 aromatic carbocycles. The molecule has 112 valence electrons. The molecule has 0 saturated carbocycles. The molecule has 0 radical (unpaired) electrons. The SMILES string of the molecule is CC(C)(C)CC(CC(=O)O)NC(=O)COC(C)(C)C. The van der Waals surface area contributed by atoms with E-state index in [1.54, 1.807) is 0 Å². The number of rotatable bonds is 6. The van der Waals surface area contributed by atoms with Crippen molar-refractivity contribution in [2.75, 3.05) is 6.61 Å². The Kier molecular flexibility index (Phi) is 6.49. The number of hydrogen-bond donors (Lipinski definition) is 2. The molecule has 0 fully saturated rings. The van der Waals surface area contributed by atoms with Crippen molar-refractivity contribution in [1.29, 1.82) is 0 Å². The van der Waals surface area contributed by atoms with Gasteiger partial charge in [-0.3, -0.25) is 9.59 Å². The maximum atomic E-state index is 11.7. The van der Waals surface area contributed by atoms with Crippen molar-refractivity contribution >= 4 is 11.9 Å². The molecule has 0 bridgehead atoms. The Hall–Kier alpha value is -1.10. The molecule has 19 heavy (non-hydrogen) atoms. The van der Waals surface area contributed by atoms with Crippen molar-refractivity contribution in [2.24, 2.45) is 5.41 Å². The van der Waals surface area contributed by atoms with E-state index in [-0.39, 0.29) is 36.0 Å². The summed E-state index contributed by atoms with van der Waals surface area (Å²) >= 11 is 0. The molecular weight excluding hydrogens is 246 g/mol. The summed E-state index contributed by atoms with van der Waals surface area (Å²) in [5, 5.41) is 11.6. The lowest BCUT2D eigenvalue weighted by atomic mass is 9.87. The first-order valence-corrected chi connectivity index (χ1v) is 6.54. The lowest BCUT2D eigenvalue weighted by Crippen LogP contribution is -2.41. The molecule has 0 aromatic heterocycles. The largest absolute Gasteiger partial charge is 0.481 e. The minimum Gasteiger partial charge on any atom is -0.481 e. The van der Waals surface area contributed by atoms with E-state index in [4.69, 9.17) is 9.84 Å². The van der Waals surface area contributed by atoms with Crippen LogP contribution in [-0.2, 0) is 14.3 Å². The Morgan fingerprint density at radius 3 is 2.05 bits per heavy atom. The van der Waals surface area contributed by atoms with Crippen LogP contribution in [0.1, 0.15) is 54.4 Å². The maximum Gasteiger partial charge on any atom is 0.305 e. The minimum absolute atomic E-state index is 0.0434. The zero-order valence-electron chi connectivity index (χ0n) is 12.9. The molecule has 1 amide bonds. The van der Waals surface area contributed by atoms with Crippen LogP contribution in [0.25, 0.3) is 0 Å². The highest BCUT2D eigenvalue weighted by atomic mass is 16.5. The lowest BCUT2D eigenvalue weighted by molar-refractivity contribution is -0.138. The van der Waals surface area contributed by atoms with E-state index in [0.717, 1.165) is 0 Å². The highest BCUT2D eigenvalue weighted by Crippen LogP contribution is 2.22. The van der Waals surface area contributed by atoms with Crippen LogP contribution in [0, 0.1) is 5.41 Å². The van der Waals surface area contributed by atoms with E-state index in [1.807, 2.05) is 41.5 Å². The zero-order chi connectivity index (χ0) is 15.3. The molecule has 0 heterocycles. The average Bonchev–Trinajstić information content (AvgIpc) is 2.09. The molecule has 1 unspecified atom stereocenters. The van der Waals surface area contributed by atoms with Crippen molar-refractivity contribution in [3.05, 3.63) is 0 Å². The Bertz CT molecular complexity index is 312. The fourth-order valence-corrected chi connectivity index (χ4v) is 1.68. The van der Waals surface area contributed by atoms with Gasteiger partial charge >= 0.3 is 5.97 Å². The second kappa shape index (κ2) is 6.89. The number of carboxylic acids is 1. The second-order valence-corrected chi connectivity index (χ2v) is 7.03. The summed E-state index contributed by atoms with van der Waals surface area (Å²) in [6.45, 7) is 11.6. The third-order valence-corrected chi connectivity index (χ3v) is 2.28. The Balaban J connectivity index is 4.39. The molecule has 0 saturated heterocycles. The second-order valence-electron chi connectivity index (χ2n) is 7.03. The summed E-state index contributed by atoms with van der Waals surface area (Å²) < 4.78 is 5.37. The van der Waals surface area contributed by atoms with Crippen molar-refractivity contribution in [1.82, 2.24) is 5.32 Å². The molecule has 1 atom stereocenters. The summed E-state index contributed by atoms with van der Waals surface area (Å²) in [4.78, 5) is 22.6. The number of carbonyl (C=O) groups is 2. The van der Waals surface area contributed by atoms with Gasteiger partial charge in [0.15, 0.2) is 0 Å². The van der Waals surface area contributed by atoms with Crippen LogP contribution in [0.2, 0.25) is 0 Å². The normalized spacial score (nSPS) is 14.0. The first-order chi connectivity index (χ1) is 8.39. The van der Waals surface area contributed by atoms with Crippen LogP contribution in [0.3, 0.4) is 0 Å². The Morgan fingerprint density at radius 1 is 1.16 bits per heavy atom. The predicted molar refractivity (Wildman–Crippen MR) is 74.0 cm³/mol. The number of amides is 1. The zero-order valence-corrected chi connectivity index (χ0v) is 12.9. The summed E-state index contributed by atoms with van der Waals surface area (Å²) in [5.41, 5.74) is -0.429. The predicted octanol–water partition coefficient (Wildman–Crippen LogP) is 2.20. The number of hydrogen-bond acceptors (Lipinski definition) is 3. The van der Waals surface area contributed by atoms with Crippen LogP contribution in [0.15, 0.2) is 0 Å². The third kappa shape index (κ3) is 11.7. The summed E-state index contributed by atoms with van der Waals surface area (Å²) in [6.07, 6.45) is 0.541. The smallest absolute Gasteiger partial charge is 0.305 e. The molecular formula is C14H27NO4. The van der Waals surface area contributed by atoms with E-state index >= 15 is 0 Å². The van der Waals surface area contributed by atoms with Gasteiger partial charge in [-0.05, 0) is 32.6 Å². The molecule has 5 nitrogen and oxygen atoms in total. The van der Waals surface area contributed by atoms with Crippen LogP contribution < -0.4 is 5.32 Å². The number of ether oxygens (including phenoxy) is 1. The van der Waals surface area contributed by atoms with Crippen molar-refractivity contribution < 1.29 is 19.4 Å². The molecule has 0 rings (SSSR count). The van der Waals surface area contributed by atoms with Gasteiger partial charge in [0.05, 0.1) is 12.0 Å². The number of carboxylic acid groups (broad SMARTS) is 1. The van der Waals surface area contributed by atoms with Gasteiger partial charge in [-0.1, -0.05) is 20.8 Å². The highest BCUT2D eigenvalue weighted by Gasteiger charge is 2.23. The Labute approximate surface area is 115 Å². The summed E-state index contributed by atoms with van der Waals surface area (Å²) in [5.74, 6) is -1.18. The van der Waals surface area contributed by atoms with Crippen LogP contribution >= 0.6 is 0 Å². The summed E-state index contributed by atoms with van der Waals surface area (Å²) in [6, 6.07) is -0.367. The molecule has 5 heteroatoms. The third-order valence-electron chi connectivity index (χ3n) is 2.28. The van der Waals surface area contributed by atoms with Crippen molar-refractivity contribution in [2.45, 2.75) is 66.0 Å². The quantitative estimate of drug-likeness (QED) is 0.778. The number of carbonyl (C=O) groups excluding carboxylic acids is 1. The average molecular weight is 273 g/mol. The monoisotopic (exact) mass is 273 g/mol. The minimum atomic E-state index is -0.911. The highest BCUT2D eigenvalue weighted by molar-refractivity contribution is 5.78. The van der Waals surface area contributed by atoms with Crippen molar-refractivity contribution in [3.8, 4) is 0 Å². The molecule has 2 N–H and O–H groups in total. The topological polar surface area (TPSA) is 75.6 Å². The van der Waals surface area contributed by atoms with Gasteiger partial charge in [0.25, 0.3) is 0 Å². The Morgan fingerprint density at radius 2 is 1.68 bits per heavy atom. The van der Waals surface area contributed by atoms with Gasteiger partial charge in [-0.2, -0.15) is 0 Å². The molecule has 0 aliphatic heterocycles. The lowest BCUT2D eigenvalue weighted by Gasteiger charge is -2.26. The van der Waals surface area contributed by atoms with E-state index in [0.29, 0.717) is 6.42 Å². The summed E-state index contributed by atoms with van der Waals surface area (Å²) in [7, 11) is 0. The molecule has 0 aliphatic rings. The van der Waals surface area contributed by atoms with Gasteiger partial charge in [0, 0.05) is 6.04 Å². The molecule has 0 aromatic rings. The fraction of sp³-hybridized carbons (Fsp3) is 0.857. The molecule has 0 aliphatic carbocycles. The van der Waals surface area contributed by atoms with E-state index < -0.39 is 5.97 Å².